The Hall–Kier alpha value is -1.97. The fourth-order valence-electron chi connectivity index (χ4n) is 6.63. The first kappa shape index (κ1) is 17.2. The molecule has 1 aromatic heterocycles. The van der Waals surface area contributed by atoms with Crippen molar-refractivity contribution >= 4 is 16.9 Å². The molecule has 1 aromatic carbocycles. The van der Waals surface area contributed by atoms with Crippen molar-refractivity contribution in [1.29, 1.82) is 0 Å². The molecule has 1 heterocycles. The van der Waals surface area contributed by atoms with Gasteiger partial charge in [0.1, 0.15) is 11.3 Å². The molecule has 1 amide bonds. The van der Waals surface area contributed by atoms with Crippen LogP contribution in [-0.4, -0.2) is 19.6 Å². The van der Waals surface area contributed by atoms with E-state index in [1.54, 1.807) is 13.4 Å². The Morgan fingerprint density at radius 1 is 1.19 bits per heavy atom. The van der Waals surface area contributed by atoms with E-state index in [1.165, 1.54) is 38.5 Å². The molecular weight excluding hydrogens is 338 g/mol. The van der Waals surface area contributed by atoms with Gasteiger partial charge in [0.25, 0.3) is 0 Å². The molecule has 4 nitrogen and oxygen atoms in total. The van der Waals surface area contributed by atoms with Crippen LogP contribution in [0.1, 0.15) is 50.5 Å². The molecule has 1 N–H and O–H groups in total. The van der Waals surface area contributed by atoms with Crippen LogP contribution in [0.4, 0.5) is 0 Å². The van der Waals surface area contributed by atoms with Crippen LogP contribution in [0.5, 0.6) is 5.75 Å². The number of benzene rings is 1. The third kappa shape index (κ3) is 3.24. The molecule has 0 radical (unpaired) electrons. The smallest absolute Gasteiger partial charge is 0.224 e. The summed E-state index contributed by atoms with van der Waals surface area (Å²) in [7, 11) is 1.64. The third-order valence-electron chi connectivity index (χ3n) is 7.36. The molecule has 144 valence electrons. The van der Waals surface area contributed by atoms with Crippen LogP contribution in [0.2, 0.25) is 0 Å². The zero-order valence-electron chi connectivity index (χ0n) is 16.1. The van der Waals surface area contributed by atoms with Crippen molar-refractivity contribution in [2.45, 2.75) is 51.4 Å². The molecule has 0 atom stereocenters. The average Bonchev–Trinajstić information content (AvgIpc) is 3.02. The predicted molar refractivity (Wildman–Crippen MR) is 105 cm³/mol. The van der Waals surface area contributed by atoms with Crippen LogP contribution in [-0.2, 0) is 11.2 Å². The minimum atomic E-state index is 0.0956. The molecule has 4 heteroatoms. The number of hydrogen-bond acceptors (Lipinski definition) is 3. The molecule has 4 aliphatic carbocycles. The lowest BCUT2D eigenvalue weighted by molar-refractivity contribution is -0.120. The lowest BCUT2D eigenvalue weighted by Gasteiger charge is -2.57. The highest BCUT2D eigenvalue weighted by molar-refractivity contribution is 5.88. The van der Waals surface area contributed by atoms with Gasteiger partial charge < -0.3 is 14.5 Å². The van der Waals surface area contributed by atoms with Crippen LogP contribution in [0.15, 0.2) is 28.9 Å². The van der Waals surface area contributed by atoms with Crippen LogP contribution in [0, 0.1) is 23.2 Å². The number of carbonyl (C=O) groups is 1. The number of hydrogen-bond donors (Lipinski definition) is 1. The van der Waals surface area contributed by atoms with Crippen LogP contribution >= 0.6 is 0 Å². The van der Waals surface area contributed by atoms with Gasteiger partial charge in [0.15, 0.2) is 0 Å². The van der Waals surface area contributed by atoms with Gasteiger partial charge in [-0.05, 0) is 80.2 Å². The SMILES string of the molecule is COc1ccc2c(CC(=O)NCCC34CC5CC(CC(C5)C3)C4)coc2c1. The molecular formula is C23H29NO3. The van der Waals surface area contributed by atoms with Crippen LogP contribution in [0.25, 0.3) is 11.0 Å². The van der Waals surface area contributed by atoms with Gasteiger partial charge >= 0.3 is 0 Å². The molecule has 6 rings (SSSR count). The Bertz CT molecular complexity index is 817. The summed E-state index contributed by atoms with van der Waals surface area (Å²) in [5, 5.41) is 4.17. The van der Waals surface area contributed by atoms with Gasteiger partial charge in [-0.1, -0.05) is 0 Å². The van der Waals surface area contributed by atoms with Gasteiger partial charge in [0, 0.05) is 23.6 Å². The molecule has 0 spiro atoms. The Labute approximate surface area is 160 Å². The highest BCUT2D eigenvalue weighted by Gasteiger charge is 2.50. The Kier molecular flexibility index (Phi) is 4.18. The van der Waals surface area contributed by atoms with Gasteiger partial charge in [0.05, 0.1) is 19.8 Å². The van der Waals surface area contributed by atoms with E-state index in [2.05, 4.69) is 5.32 Å². The molecule has 0 saturated heterocycles. The molecule has 2 aromatic rings. The van der Waals surface area contributed by atoms with Crippen molar-refractivity contribution in [1.82, 2.24) is 5.32 Å². The largest absolute Gasteiger partial charge is 0.497 e. The quantitative estimate of drug-likeness (QED) is 0.805. The molecule has 4 aliphatic rings. The number of fused-ring (bicyclic) bond motifs is 1. The van der Waals surface area contributed by atoms with E-state index in [-0.39, 0.29) is 5.91 Å². The monoisotopic (exact) mass is 367 g/mol. The fraction of sp³-hybridized carbons (Fsp3) is 0.609. The Morgan fingerprint density at radius 3 is 2.56 bits per heavy atom. The first-order valence-electron chi connectivity index (χ1n) is 10.4. The van der Waals surface area contributed by atoms with Crippen molar-refractivity contribution in [2.24, 2.45) is 23.2 Å². The number of nitrogens with one attached hydrogen (secondary N) is 1. The maximum absolute atomic E-state index is 12.5. The second-order valence-corrected chi connectivity index (χ2v) is 9.32. The zero-order valence-corrected chi connectivity index (χ0v) is 16.1. The molecule has 4 saturated carbocycles. The number of rotatable bonds is 6. The van der Waals surface area contributed by atoms with E-state index in [0.29, 0.717) is 11.8 Å². The number of methoxy groups -OCH3 is 1. The topological polar surface area (TPSA) is 51.5 Å². The second kappa shape index (κ2) is 6.57. The first-order chi connectivity index (χ1) is 13.1. The lowest BCUT2D eigenvalue weighted by atomic mass is 9.49. The van der Waals surface area contributed by atoms with Gasteiger partial charge in [-0.3, -0.25) is 4.79 Å². The standard InChI is InChI=1S/C23H29NO3/c1-26-19-2-3-20-18(14-27-21(20)10-19)9-22(25)24-5-4-23-11-15-6-16(12-23)8-17(7-15)13-23/h2-3,10,14-17H,4-9,11-13H2,1H3,(H,24,25). The summed E-state index contributed by atoms with van der Waals surface area (Å²) < 4.78 is 10.8. The zero-order chi connectivity index (χ0) is 18.4. The summed E-state index contributed by atoms with van der Waals surface area (Å²) in [4.78, 5) is 12.5. The maximum atomic E-state index is 12.5. The minimum Gasteiger partial charge on any atom is -0.497 e. The third-order valence-corrected chi connectivity index (χ3v) is 7.36. The average molecular weight is 367 g/mol. The van der Waals surface area contributed by atoms with E-state index in [4.69, 9.17) is 9.15 Å². The summed E-state index contributed by atoms with van der Waals surface area (Å²) in [6, 6.07) is 5.74. The van der Waals surface area contributed by atoms with Crippen molar-refractivity contribution < 1.29 is 13.9 Å². The summed E-state index contributed by atoms with van der Waals surface area (Å²) in [6.45, 7) is 0.814. The van der Waals surface area contributed by atoms with E-state index in [0.717, 1.165) is 53.0 Å². The van der Waals surface area contributed by atoms with Crippen molar-refractivity contribution in [3.63, 3.8) is 0 Å². The summed E-state index contributed by atoms with van der Waals surface area (Å²) in [5.74, 6) is 3.78. The number of amides is 1. The summed E-state index contributed by atoms with van der Waals surface area (Å²) >= 11 is 0. The molecule has 4 fully saturated rings. The second-order valence-electron chi connectivity index (χ2n) is 9.32. The number of ether oxygens (including phenoxy) is 1. The molecule has 0 aliphatic heterocycles. The maximum Gasteiger partial charge on any atom is 0.224 e. The predicted octanol–water partition coefficient (Wildman–Crippen LogP) is 4.71. The summed E-state index contributed by atoms with van der Waals surface area (Å²) in [5.41, 5.74) is 2.24. The fourth-order valence-corrected chi connectivity index (χ4v) is 6.63. The highest BCUT2D eigenvalue weighted by Crippen LogP contribution is 2.61. The van der Waals surface area contributed by atoms with Crippen molar-refractivity contribution in [3.8, 4) is 5.75 Å². The van der Waals surface area contributed by atoms with Gasteiger partial charge in [-0.15, -0.1) is 0 Å². The van der Waals surface area contributed by atoms with Crippen molar-refractivity contribution in [3.05, 3.63) is 30.0 Å². The van der Waals surface area contributed by atoms with Crippen LogP contribution in [0.3, 0.4) is 0 Å². The van der Waals surface area contributed by atoms with Gasteiger partial charge in [-0.25, -0.2) is 0 Å². The van der Waals surface area contributed by atoms with E-state index in [9.17, 15) is 4.79 Å². The summed E-state index contributed by atoms with van der Waals surface area (Å²) in [6.07, 6.45) is 11.9. The van der Waals surface area contributed by atoms with Crippen LogP contribution < -0.4 is 10.1 Å². The Morgan fingerprint density at radius 2 is 1.89 bits per heavy atom. The number of furan rings is 1. The van der Waals surface area contributed by atoms with Gasteiger partial charge in [-0.2, -0.15) is 0 Å². The van der Waals surface area contributed by atoms with E-state index >= 15 is 0 Å². The van der Waals surface area contributed by atoms with E-state index in [1.807, 2.05) is 18.2 Å². The molecule has 0 unspecified atom stereocenters. The molecule has 4 bridgehead atoms. The molecule has 27 heavy (non-hydrogen) atoms. The number of carbonyl (C=O) groups excluding carboxylic acids is 1. The van der Waals surface area contributed by atoms with Crippen molar-refractivity contribution in [2.75, 3.05) is 13.7 Å². The highest BCUT2D eigenvalue weighted by atomic mass is 16.5. The lowest BCUT2D eigenvalue weighted by Crippen LogP contribution is -2.47. The van der Waals surface area contributed by atoms with Gasteiger partial charge in [0.2, 0.25) is 5.91 Å². The first-order valence-corrected chi connectivity index (χ1v) is 10.4. The van der Waals surface area contributed by atoms with E-state index < -0.39 is 0 Å². The Balaban J connectivity index is 1.17. The normalized spacial score (nSPS) is 31.4. The minimum absolute atomic E-state index is 0.0956.